The molecule has 5 rings (SSSR count). The zero-order chi connectivity index (χ0) is 17.9. The van der Waals surface area contributed by atoms with Gasteiger partial charge in [-0.15, -0.1) is 0 Å². The molecule has 0 heterocycles. The Bertz CT molecular complexity index is 1200. The van der Waals surface area contributed by atoms with Crippen LogP contribution in [0.5, 0.6) is 0 Å². The first-order chi connectivity index (χ1) is 12.9. The zero-order valence-electron chi connectivity index (χ0n) is 15.2. The van der Waals surface area contributed by atoms with Gasteiger partial charge in [-0.2, -0.15) is 0 Å². The van der Waals surface area contributed by atoms with E-state index in [-0.39, 0.29) is 0 Å². The monoisotopic (exact) mass is 334 g/mol. The number of benzene rings is 5. The van der Waals surface area contributed by atoms with Crippen molar-refractivity contribution in [1.82, 2.24) is 0 Å². The Hall–Kier alpha value is -3.12. The molecule has 0 aromatic heterocycles. The summed E-state index contributed by atoms with van der Waals surface area (Å²) in [6, 6.07) is 35.1. The molecule has 0 radical (unpaired) electrons. The topological polar surface area (TPSA) is 0 Å². The van der Waals surface area contributed by atoms with Gasteiger partial charge in [-0.3, -0.25) is 0 Å². The van der Waals surface area contributed by atoms with Gasteiger partial charge >= 0.3 is 0 Å². The molecule has 0 fully saturated rings. The van der Waals surface area contributed by atoms with Gasteiger partial charge in [0, 0.05) is 0 Å². The van der Waals surface area contributed by atoms with Crippen LogP contribution in [0.1, 0.15) is 13.8 Å². The fourth-order valence-corrected chi connectivity index (χ4v) is 3.49. The Morgan fingerprint density at radius 1 is 0.346 bits per heavy atom. The van der Waals surface area contributed by atoms with Gasteiger partial charge in [0.1, 0.15) is 0 Å². The van der Waals surface area contributed by atoms with E-state index >= 15 is 0 Å². The molecule has 5 aromatic rings. The lowest BCUT2D eigenvalue weighted by Gasteiger charge is -2.07. The van der Waals surface area contributed by atoms with Crippen molar-refractivity contribution in [2.45, 2.75) is 13.8 Å². The van der Waals surface area contributed by atoms with Crippen molar-refractivity contribution in [2.24, 2.45) is 0 Å². The summed E-state index contributed by atoms with van der Waals surface area (Å²) in [4.78, 5) is 0. The molecule has 0 aliphatic heterocycles. The van der Waals surface area contributed by atoms with Gasteiger partial charge < -0.3 is 0 Å². The molecule has 0 saturated carbocycles. The summed E-state index contributed by atoms with van der Waals surface area (Å²) < 4.78 is 0. The summed E-state index contributed by atoms with van der Waals surface area (Å²) in [6.07, 6.45) is 0. The van der Waals surface area contributed by atoms with Gasteiger partial charge in [-0.25, -0.2) is 0 Å². The van der Waals surface area contributed by atoms with Gasteiger partial charge in [0.25, 0.3) is 0 Å². The maximum atomic E-state index is 2.30. The van der Waals surface area contributed by atoms with E-state index in [1.807, 2.05) is 13.8 Å². The van der Waals surface area contributed by atoms with Crippen LogP contribution in [0.25, 0.3) is 43.4 Å². The van der Waals surface area contributed by atoms with Gasteiger partial charge in [0.05, 0.1) is 0 Å². The minimum absolute atomic E-state index is 1.27. The second kappa shape index (κ2) is 7.01. The van der Waals surface area contributed by atoms with Crippen molar-refractivity contribution >= 4 is 32.3 Å². The van der Waals surface area contributed by atoms with E-state index in [2.05, 4.69) is 97.1 Å². The molecule has 0 heteroatoms. The average Bonchev–Trinajstić information content (AvgIpc) is 2.73. The lowest BCUT2D eigenvalue weighted by molar-refractivity contribution is 1.50. The number of rotatable bonds is 1. The first-order valence-corrected chi connectivity index (χ1v) is 9.29. The highest BCUT2D eigenvalue weighted by Gasteiger charge is 2.03. The van der Waals surface area contributed by atoms with E-state index in [1.54, 1.807) is 0 Å². The minimum atomic E-state index is 1.27. The van der Waals surface area contributed by atoms with Gasteiger partial charge in [-0.1, -0.05) is 86.6 Å². The highest BCUT2D eigenvalue weighted by Crippen LogP contribution is 2.29. The molecule has 0 unspecified atom stereocenters. The molecule has 0 nitrogen and oxygen atoms in total. The zero-order valence-corrected chi connectivity index (χ0v) is 15.2. The molecule has 0 saturated heterocycles. The SMILES string of the molecule is CC.c1ccc2cc(-c3ccc4cc5ccccc5cc4c3)ccc2c1. The molecule has 0 spiro atoms. The summed E-state index contributed by atoms with van der Waals surface area (Å²) in [6.45, 7) is 4.00. The van der Waals surface area contributed by atoms with Crippen molar-refractivity contribution in [2.75, 3.05) is 0 Å². The first-order valence-electron chi connectivity index (χ1n) is 9.29. The molecule has 126 valence electrons. The molecular formula is C26H22. The lowest BCUT2D eigenvalue weighted by atomic mass is 9.97. The van der Waals surface area contributed by atoms with Crippen molar-refractivity contribution in [1.29, 1.82) is 0 Å². The van der Waals surface area contributed by atoms with Gasteiger partial charge in [0.2, 0.25) is 0 Å². The van der Waals surface area contributed by atoms with Crippen molar-refractivity contribution in [3.8, 4) is 11.1 Å². The van der Waals surface area contributed by atoms with Crippen molar-refractivity contribution in [3.63, 3.8) is 0 Å². The second-order valence-electron chi connectivity index (χ2n) is 6.32. The van der Waals surface area contributed by atoms with E-state index in [0.717, 1.165) is 0 Å². The maximum absolute atomic E-state index is 2.30. The summed E-state index contributed by atoms with van der Waals surface area (Å²) in [5.74, 6) is 0. The summed E-state index contributed by atoms with van der Waals surface area (Å²) >= 11 is 0. The molecule has 0 aliphatic carbocycles. The Morgan fingerprint density at radius 2 is 0.731 bits per heavy atom. The molecule has 0 bridgehead atoms. The van der Waals surface area contributed by atoms with Crippen LogP contribution in [0, 0.1) is 0 Å². The Kier molecular flexibility index (Phi) is 4.41. The predicted octanol–water partition coefficient (Wildman–Crippen LogP) is 7.84. The fourth-order valence-electron chi connectivity index (χ4n) is 3.49. The minimum Gasteiger partial charge on any atom is -0.0683 e. The average molecular weight is 334 g/mol. The molecule has 0 aliphatic rings. The number of hydrogen-bond acceptors (Lipinski definition) is 0. The summed E-state index contributed by atoms with van der Waals surface area (Å²) in [5.41, 5.74) is 2.53. The molecule has 0 amide bonds. The largest absolute Gasteiger partial charge is 0.0683 e. The van der Waals surface area contributed by atoms with Crippen LogP contribution in [-0.4, -0.2) is 0 Å². The molecule has 0 N–H and O–H groups in total. The van der Waals surface area contributed by atoms with E-state index < -0.39 is 0 Å². The van der Waals surface area contributed by atoms with Crippen LogP contribution < -0.4 is 0 Å². The Balaban J connectivity index is 0.000000814. The van der Waals surface area contributed by atoms with E-state index in [0.29, 0.717) is 0 Å². The van der Waals surface area contributed by atoms with Crippen LogP contribution in [-0.2, 0) is 0 Å². The lowest BCUT2D eigenvalue weighted by Crippen LogP contribution is -1.81. The van der Waals surface area contributed by atoms with Crippen LogP contribution in [0.2, 0.25) is 0 Å². The number of fused-ring (bicyclic) bond motifs is 3. The third-order valence-corrected chi connectivity index (χ3v) is 4.79. The standard InChI is InChI=1S/C24H16.C2H6/c1-2-6-18-13-21(10-9-17(18)5-1)22-11-12-23-14-19-7-3-4-8-20(19)15-24(23)16-22;1-2/h1-16H;1-2H3. The summed E-state index contributed by atoms with van der Waals surface area (Å²) in [5, 5.41) is 7.74. The number of hydrogen-bond donors (Lipinski definition) is 0. The quantitative estimate of drug-likeness (QED) is 0.274. The molecule has 26 heavy (non-hydrogen) atoms. The van der Waals surface area contributed by atoms with Crippen molar-refractivity contribution < 1.29 is 0 Å². The first kappa shape index (κ1) is 16.4. The highest BCUT2D eigenvalue weighted by molar-refractivity contribution is 6.00. The van der Waals surface area contributed by atoms with Gasteiger partial charge in [0.15, 0.2) is 0 Å². The smallest absolute Gasteiger partial charge is 0.0171 e. The van der Waals surface area contributed by atoms with E-state index in [1.165, 1.54) is 43.4 Å². The second-order valence-corrected chi connectivity index (χ2v) is 6.32. The van der Waals surface area contributed by atoms with E-state index in [4.69, 9.17) is 0 Å². The molecule has 0 atom stereocenters. The molecule has 5 aromatic carbocycles. The van der Waals surface area contributed by atoms with Crippen LogP contribution >= 0.6 is 0 Å². The molecular weight excluding hydrogens is 312 g/mol. The third-order valence-electron chi connectivity index (χ3n) is 4.79. The van der Waals surface area contributed by atoms with Crippen LogP contribution in [0.15, 0.2) is 97.1 Å². The summed E-state index contributed by atoms with van der Waals surface area (Å²) in [7, 11) is 0. The Morgan fingerprint density at radius 3 is 1.35 bits per heavy atom. The predicted molar refractivity (Wildman–Crippen MR) is 116 cm³/mol. The fraction of sp³-hybridized carbons (Fsp3) is 0.0769. The van der Waals surface area contributed by atoms with Crippen LogP contribution in [0.4, 0.5) is 0 Å². The third kappa shape index (κ3) is 2.95. The van der Waals surface area contributed by atoms with Crippen LogP contribution in [0.3, 0.4) is 0 Å². The Labute approximate surface area is 154 Å². The van der Waals surface area contributed by atoms with E-state index in [9.17, 15) is 0 Å². The van der Waals surface area contributed by atoms with Crippen molar-refractivity contribution in [3.05, 3.63) is 97.1 Å². The van der Waals surface area contributed by atoms with Gasteiger partial charge in [-0.05, 0) is 67.7 Å². The maximum Gasteiger partial charge on any atom is -0.0171 e. The normalized spacial score (nSPS) is 10.7. The highest BCUT2D eigenvalue weighted by atomic mass is 14.1.